The topological polar surface area (TPSA) is 92.3 Å². The Hall–Kier alpha value is -0.930. The van der Waals surface area contributed by atoms with E-state index in [0.717, 1.165) is 0 Å². The van der Waals surface area contributed by atoms with Gasteiger partial charge in [0.2, 0.25) is 0 Å². The summed E-state index contributed by atoms with van der Waals surface area (Å²) in [7, 11) is 0. The number of rotatable bonds is 4. The Morgan fingerprint density at radius 3 is 2.62 bits per heavy atom. The van der Waals surface area contributed by atoms with Crippen molar-refractivity contribution in [2.24, 2.45) is 0 Å². The standard InChI is InChI=1S/C13H23N3O5/c17-12-10(15-9-6-20-7-9)8-21-11(12)5-14-13(18)16-1-3-19-4-2-16/h9-12,15,17H,1-8H2,(H,14,18). The Balaban J connectivity index is 1.39. The minimum absolute atomic E-state index is 0.0933. The van der Waals surface area contributed by atoms with E-state index < -0.39 is 6.10 Å². The second-order valence-corrected chi connectivity index (χ2v) is 5.66. The number of carbonyl (C=O) groups excluding carboxylic acids is 1. The molecule has 3 N–H and O–H groups in total. The molecule has 3 heterocycles. The lowest BCUT2D eigenvalue weighted by molar-refractivity contribution is -0.0166. The van der Waals surface area contributed by atoms with Gasteiger partial charge in [-0.1, -0.05) is 0 Å². The van der Waals surface area contributed by atoms with E-state index in [-0.39, 0.29) is 18.2 Å². The number of nitrogens with zero attached hydrogens (tertiary/aromatic N) is 1. The summed E-state index contributed by atoms with van der Waals surface area (Å²) in [5, 5.41) is 16.4. The van der Waals surface area contributed by atoms with Crippen LogP contribution in [0.4, 0.5) is 4.79 Å². The average Bonchev–Trinajstić information content (AvgIpc) is 2.82. The van der Waals surface area contributed by atoms with E-state index >= 15 is 0 Å². The highest BCUT2D eigenvalue weighted by atomic mass is 16.5. The summed E-state index contributed by atoms with van der Waals surface area (Å²) in [6.45, 7) is 4.49. The molecule has 0 aromatic carbocycles. The molecule has 3 atom stereocenters. The fourth-order valence-corrected chi connectivity index (χ4v) is 2.71. The van der Waals surface area contributed by atoms with Crippen molar-refractivity contribution in [3.63, 3.8) is 0 Å². The first-order chi connectivity index (χ1) is 10.2. The van der Waals surface area contributed by atoms with Gasteiger partial charge in [-0.05, 0) is 0 Å². The van der Waals surface area contributed by atoms with Crippen LogP contribution in [0.1, 0.15) is 0 Å². The number of nitrogens with one attached hydrogen (secondary N) is 2. The molecule has 0 spiro atoms. The normalized spacial score (nSPS) is 33.8. The smallest absolute Gasteiger partial charge is 0.317 e. The molecule has 3 unspecified atom stereocenters. The number of amides is 2. The Kier molecular flexibility index (Phi) is 4.91. The zero-order valence-electron chi connectivity index (χ0n) is 12.0. The predicted molar refractivity (Wildman–Crippen MR) is 73.1 cm³/mol. The Morgan fingerprint density at radius 1 is 1.19 bits per heavy atom. The number of morpholine rings is 1. The van der Waals surface area contributed by atoms with Gasteiger partial charge in [-0.2, -0.15) is 0 Å². The molecule has 0 aliphatic carbocycles. The van der Waals surface area contributed by atoms with Crippen LogP contribution in [0.15, 0.2) is 0 Å². The van der Waals surface area contributed by atoms with Crippen molar-refractivity contribution in [2.75, 3.05) is 52.7 Å². The predicted octanol–water partition coefficient (Wildman–Crippen LogP) is -1.86. The van der Waals surface area contributed by atoms with E-state index in [0.29, 0.717) is 58.7 Å². The summed E-state index contributed by atoms with van der Waals surface area (Å²) >= 11 is 0. The molecule has 8 nitrogen and oxygen atoms in total. The Bertz CT molecular complexity index is 360. The van der Waals surface area contributed by atoms with Gasteiger partial charge in [0.05, 0.1) is 51.2 Å². The lowest BCUT2D eigenvalue weighted by Gasteiger charge is -2.31. The first kappa shape index (κ1) is 15.0. The molecule has 0 aromatic rings. The third-order valence-electron chi connectivity index (χ3n) is 4.12. The number of urea groups is 1. The Morgan fingerprint density at radius 2 is 1.95 bits per heavy atom. The van der Waals surface area contributed by atoms with Gasteiger partial charge in [-0.3, -0.25) is 0 Å². The molecule has 3 aliphatic rings. The van der Waals surface area contributed by atoms with Crippen molar-refractivity contribution in [1.29, 1.82) is 0 Å². The average molecular weight is 301 g/mol. The number of hydrogen-bond donors (Lipinski definition) is 3. The van der Waals surface area contributed by atoms with Crippen LogP contribution in [-0.2, 0) is 14.2 Å². The van der Waals surface area contributed by atoms with Crippen LogP contribution in [0, 0.1) is 0 Å². The zero-order valence-corrected chi connectivity index (χ0v) is 12.0. The molecule has 3 fully saturated rings. The molecule has 3 rings (SSSR count). The van der Waals surface area contributed by atoms with Crippen molar-refractivity contribution in [2.45, 2.75) is 24.3 Å². The van der Waals surface area contributed by atoms with Crippen LogP contribution in [0.2, 0.25) is 0 Å². The van der Waals surface area contributed by atoms with E-state index in [1.165, 1.54) is 0 Å². The molecule has 0 aromatic heterocycles. The molecular formula is C13H23N3O5. The van der Waals surface area contributed by atoms with Crippen molar-refractivity contribution in [3.05, 3.63) is 0 Å². The lowest BCUT2D eigenvalue weighted by Crippen LogP contribution is -2.55. The Labute approximate surface area is 123 Å². The molecule has 0 radical (unpaired) electrons. The summed E-state index contributed by atoms with van der Waals surface area (Å²) in [5.41, 5.74) is 0. The summed E-state index contributed by atoms with van der Waals surface area (Å²) in [6, 6.07) is 0.0806. The molecule has 3 saturated heterocycles. The van der Waals surface area contributed by atoms with E-state index in [1.807, 2.05) is 0 Å². The van der Waals surface area contributed by atoms with Crippen molar-refractivity contribution < 1.29 is 24.1 Å². The van der Waals surface area contributed by atoms with Gasteiger partial charge in [0.1, 0.15) is 6.10 Å². The summed E-state index contributed by atoms with van der Waals surface area (Å²) < 4.78 is 15.9. The largest absolute Gasteiger partial charge is 0.389 e. The minimum Gasteiger partial charge on any atom is -0.389 e. The number of ether oxygens (including phenoxy) is 3. The first-order valence-corrected chi connectivity index (χ1v) is 7.48. The second kappa shape index (κ2) is 6.89. The molecule has 0 bridgehead atoms. The maximum absolute atomic E-state index is 12.0. The summed E-state index contributed by atoms with van der Waals surface area (Å²) in [4.78, 5) is 13.7. The molecule has 0 saturated carbocycles. The molecule has 120 valence electrons. The van der Waals surface area contributed by atoms with Gasteiger partial charge < -0.3 is 34.9 Å². The number of carbonyl (C=O) groups is 1. The number of hydrogen-bond acceptors (Lipinski definition) is 6. The monoisotopic (exact) mass is 301 g/mol. The van der Waals surface area contributed by atoms with E-state index in [1.54, 1.807) is 4.90 Å². The second-order valence-electron chi connectivity index (χ2n) is 5.66. The highest BCUT2D eigenvalue weighted by molar-refractivity contribution is 5.74. The third kappa shape index (κ3) is 3.64. The van der Waals surface area contributed by atoms with E-state index in [4.69, 9.17) is 14.2 Å². The molecular weight excluding hydrogens is 278 g/mol. The van der Waals surface area contributed by atoms with E-state index in [2.05, 4.69) is 10.6 Å². The molecule has 21 heavy (non-hydrogen) atoms. The maximum atomic E-state index is 12.0. The van der Waals surface area contributed by atoms with Crippen LogP contribution in [0.3, 0.4) is 0 Å². The maximum Gasteiger partial charge on any atom is 0.317 e. The van der Waals surface area contributed by atoms with Gasteiger partial charge in [-0.25, -0.2) is 4.79 Å². The van der Waals surface area contributed by atoms with Gasteiger partial charge in [0.15, 0.2) is 0 Å². The molecule has 2 amide bonds. The highest BCUT2D eigenvalue weighted by Crippen LogP contribution is 2.16. The van der Waals surface area contributed by atoms with Crippen LogP contribution in [0.25, 0.3) is 0 Å². The van der Waals surface area contributed by atoms with Gasteiger partial charge >= 0.3 is 6.03 Å². The van der Waals surface area contributed by atoms with Gasteiger partial charge in [0, 0.05) is 19.6 Å². The molecule has 3 aliphatic heterocycles. The van der Waals surface area contributed by atoms with Gasteiger partial charge in [0.25, 0.3) is 0 Å². The SMILES string of the molecule is O=C(NCC1OCC(NC2COC2)C1O)N1CCOCC1. The first-order valence-electron chi connectivity index (χ1n) is 7.48. The molecule has 8 heteroatoms. The fraction of sp³-hybridized carbons (Fsp3) is 0.923. The van der Waals surface area contributed by atoms with Crippen LogP contribution in [0.5, 0.6) is 0 Å². The van der Waals surface area contributed by atoms with Crippen molar-refractivity contribution in [1.82, 2.24) is 15.5 Å². The van der Waals surface area contributed by atoms with Crippen molar-refractivity contribution >= 4 is 6.03 Å². The van der Waals surface area contributed by atoms with Crippen LogP contribution < -0.4 is 10.6 Å². The summed E-state index contributed by atoms with van der Waals surface area (Å²) in [6.07, 6.45) is -0.982. The van der Waals surface area contributed by atoms with Crippen LogP contribution >= 0.6 is 0 Å². The fourth-order valence-electron chi connectivity index (χ4n) is 2.71. The quantitative estimate of drug-likeness (QED) is 0.564. The number of aliphatic hydroxyl groups is 1. The highest BCUT2D eigenvalue weighted by Gasteiger charge is 2.38. The van der Waals surface area contributed by atoms with Crippen LogP contribution in [-0.4, -0.2) is 93.0 Å². The number of aliphatic hydroxyl groups excluding tert-OH is 1. The lowest BCUT2D eigenvalue weighted by atomic mass is 10.1. The van der Waals surface area contributed by atoms with Gasteiger partial charge in [-0.15, -0.1) is 0 Å². The zero-order chi connectivity index (χ0) is 14.7. The van der Waals surface area contributed by atoms with E-state index in [9.17, 15) is 9.90 Å². The van der Waals surface area contributed by atoms with Crippen molar-refractivity contribution in [3.8, 4) is 0 Å². The minimum atomic E-state index is -0.615. The third-order valence-corrected chi connectivity index (χ3v) is 4.12. The summed E-state index contributed by atoms with van der Waals surface area (Å²) in [5.74, 6) is 0.